The molecule has 426 valence electrons. The second kappa shape index (κ2) is 21.2. The fourth-order valence-electron chi connectivity index (χ4n) is 11.0. The van der Waals surface area contributed by atoms with Gasteiger partial charge in [-0.2, -0.15) is 0 Å². The highest BCUT2D eigenvalue weighted by Crippen LogP contribution is 2.39. The largest absolute Gasteiger partial charge is 0.531 e. The van der Waals surface area contributed by atoms with Gasteiger partial charge in [0.1, 0.15) is 46.0 Å². The molecule has 10 aromatic rings. The fourth-order valence-corrected chi connectivity index (χ4v) is 14.1. The van der Waals surface area contributed by atoms with Crippen molar-refractivity contribution in [2.24, 2.45) is 0 Å². The summed E-state index contributed by atoms with van der Waals surface area (Å²) in [4.78, 5) is 112. The van der Waals surface area contributed by atoms with Gasteiger partial charge in [-0.3, -0.25) is 43.3 Å². The molecule has 0 N–H and O–H groups in total. The molecular weight excluding hydrogens is 1130 g/mol. The van der Waals surface area contributed by atoms with Crippen LogP contribution in [0.3, 0.4) is 0 Å². The van der Waals surface area contributed by atoms with Gasteiger partial charge >= 0.3 is 8.56 Å². The van der Waals surface area contributed by atoms with Gasteiger partial charge in [-0.1, -0.05) is 78.4 Å². The second-order valence-corrected chi connectivity index (χ2v) is 23.8. The molecule has 0 fully saturated rings. The molecule has 0 saturated heterocycles. The molecule has 0 unspecified atom stereocenters. The maximum absolute atomic E-state index is 14.1. The molecule has 0 aromatic heterocycles. The van der Waals surface area contributed by atoms with E-state index in [0.717, 1.165) is 35.5 Å². The number of rotatable bonds is 15. The zero-order valence-corrected chi connectivity index (χ0v) is 47.5. The first kappa shape index (κ1) is 53.9. The molecule has 10 aromatic carbocycles. The Hall–Kier alpha value is -12.0. The van der Waals surface area contributed by atoms with E-state index in [1.54, 1.807) is 84.9 Å². The number of anilines is 3. The lowest BCUT2D eigenvalue weighted by atomic mass is 10.1. The molecule has 4 aliphatic rings. The molecule has 0 atom stereocenters. The summed E-state index contributed by atoms with van der Waals surface area (Å²) in [5.74, 6) is -1.43. The average molecular weight is 1180 g/mol. The summed E-state index contributed by atoms with van der Waals surface area (Å²) >= 11 is 0. The Morgan fingerprint density at radius 1 is 0.273 bits per heavy atom. The van der Waals surface area contributed by atoms with Gasteiger partial charge in [0.05, 0.1) is 61.6 Å². The van der Waals surface area contributed by atoms with Gasteiger partial charge in [0.15, 0.2) is 0 Å². The van der Waals surface area contributed by atoms with Crippen LogP contribution in [0.1, 0.15) is 88.4 Å². The maximum Gasteiger partial charge on any atom is 0.531 e. The Balaban J connectivity index is 0.618. The van der Waals surface area contributed by atoms with E-state index in [9.17, 15) is 38.4 Å². The predicted octanol–water partition coefficient (Wildman–Crippen LogP) is 11.7. The number of hydrogen-bond acceptors (Lipinski definition) is 13. The van der Waals surface area contributed by atoms with Crippen LogP contribution in [0.4, 0.5) is 17.1 Å². The Labute approximate surface area is 502 Å². The number of benzene rings is 10. The van der Waals surface area contributed by atoms with Crippen LogP contribution < -0.4 is 48.1 Å². The number of ether oxygens (including phenoxy) is 3. The molecule has 14 rings (SSSR count). The highest BCUT2D eigenvalue weighted by atomic mass is 28.4. The van der Waals surface area contributed by atoms with E-state index in [1.807, 2.05) is 91.9 Å². The lowest BCUT2D eigenvalue weighted by Gasteiger charge is -2.32. The van der Waals surface area contributed by atoms with E-state index in [-0.39, 0.29) is 78.9 Å². The van der Waals surface area contributed by atoms with Crippen molar-refractivity contribution >= 4 is 83.3 Å². The van der Waals surface area contributed by atoms with Crippen molar-refractivity contribution in [3.8, 4) is 46.0 Å². The smallest absolute Gasteiger partial charge is 0.506 e. The predicted molar refractivity (Wildman–Crippen MR) is 326 cm³/mol. The van der Waals surface area contributed by atoms with Gasteiger partial charge in [-0.25, -0.2) is 14.7 Å². The molecule has 0 aliphatic carbocycles. The van der Waals surface area contributed by atoms with Crippen LogP contribution in [0.5, 0.6) is 46.0 Å². The van der Waals surface area contributed by atoms with Gasteiger partial charge < -0.3 is 23.1 Å². The molecule has 0 radical (unpaired) electrons. The summed E-state index contributed by atoms with van der Waals surface area (Å²) in [6.07, 6.45) is 0. The second-order valence-electron chi connectivity index (χ2n) is 21.0. The molecule has 88 heavy (non-hydrogen) atoms. The molecule has 18 heteroatoms. The average Bonchev–Trinajstić information content (AvgIpc) is 1.61. The van der Waals surface area contributed by atoms with E-state index in [0.29, 0.717) is 28.7 Å². The number of aryl methyl sites for hydroxylation is 1. The van der Waals surface area contributed by atoms with Crippen molar-refractivity contribution in [1.29, 1.82) is 0 Å². The lowest BCUT2D eigenvalue weighted by Crippen LogP contribution is -2.68. The SMILES string of the molecule is Cc1ccc(O[Si](Oc2ccc(N3C(=O)c4ccc(Oc5ccc6c(c5)C(=O)N(c5ccc(Oc7ccc(N8C(=O)c9ccc(Oc%10ccc%11c(c%10)C(=O)N(C)C%11=O)cc9C8=O)cc7)cc5)C6=O)cc4C3=O)cc2)(c2ccccc2)c2ccccc2)cc1. The zero-order valence-electron chi connectivity index (χ0n) is 46.5. The van der Waals surface area contributed by atoms with Gasteiger partial charge in [-0.15, -0.1) is 0 Å². The molecule has 4 heterocycles. The van der Waals surface area contributed by atoms with Crippen molar-refractivity contribution < 1.29 is 61.4 Å². The minimum atomic E-state index is -3.51. The monoisotopic (exact) mass is 1180 g/mol. The highest BCUT2D eigenvalue weighted by Gasteiger charge is 2.48. The summed E-state index contributed by atoms with van der Waals surface area (Å²) < 4.78 is 32.1. The Morgan fingerprint density at radius 2 is 0.534 bits per heavy atom. The third kappa shape index (κ3) is 9.29. The Kier molecular flexibility index (Phi) is 13.0. The van der Waals surface area contributed by atoms with Gasteiger partial charge in [0.25, 0.3) is 47.3 Å². The first-order chi connectivity index (χ1) is 42.7. The summed E-state index contributed by atoms with van der Waals surface area (Å²) in [6, 6.07) is 64.7. The minimum Gasteiger partial charge on any atom is -0.506 e. The van der Waals surface area contributed by atoms with Crippen LogP contribution in [0.2, 0.25) is 0 Å². The van der Waals surface area contributed by atoms with Crippen LogP contribution in [0, 0.1) is 6.92 Å². The fraction of sp³-hybridized carbons (Fsp3) is 0.0286. The van der Waals surface area contributed by atoms with Gasteiger partial charge in [-0.05, 0) is 165 Å². The van der Waals surface area contributed by atoms with Crippen LogP contribution in [0.15, 0.2) is 231 Å². The first-order valence-electron chi connectivity index (χ1n) is 27.6. The third-order valence-corrected chi connectivity index (χ3v) is 18.7. The van der Waals surface area contributed by atoms with Gasteiger partial charge in [0, 0.05) is 17.4 Å². The normalized spacial score (nSPS) is 14.1. The number of amides is 8. The van der Waals surface area contributed by atoms with Crippen molar-refractivity contribution in [3.63, 3.8) is 0 Å². The van der Waals surface area contributed by atoms with E-state index in [1.165, 1.54) is 67.7 Å². The van der Waals surface area contributed by atoms with E-state index in [2.05, 4.69) is 0 Å². The van der Waals surface area contributed by atoms with Crippen molar-refractivity contribution in [1.82, 2.24) is 4.90 Å². The first-order valence-corrected chi connectivity index (χ1v) is 29.5. The van der Waals surface area contributed by atoms with Gasteiger partial charge in [0.2, 0.25) is 0 Å². The molecule has 8 amide bonds. The summed E-state index contributed by atoms with van der Waals surface area (Å²) in [5, 5.41) is 1.74. The molecule has 4 aliphatic heterocycles. The number of imide groups is 4. The highest BCUT2D eigenvalue weighted by molar-refractivity contribution is 6.93. The maximum atomic E-state index is 14.1. The number of carbonyl (C=O) groups excluding carboxylic acids is 8. The summed E-state index contributed by atoms with van der Waals surface area (Å²) in [7, 11) is -2.11. The summed E-state index contributed by atoms with van der Waals surface area (Å²) in [6.45, 7) is 2.01. The zero-order chi connectivity index (χ0) is 60.5. The van der Waals surface area contributed by atoms with E-state index in [4.69, 9.17) is 23.1 Å². The van der Waals surface area contributed by atoms with E-state index < -0.39 is 55.8 Å². The van der Waals surface area contributed by atoms with E-state index >= 15 is 0 Å². The van der Waals surface area contributed by atoms with Crippen LogP contribution in [0.25, 0.3) is 0 Å². The standard InChI is InChI=1S/C70H44N4O13Si/c1-41-13-21-47(22-14-41)86-88(53-9-5-3-6-10-53,54-11-7-4-8-12-54)87-48-27-19-44(20-28-48)74-67(79)58-36-32-52(40-62(58)70(74)82)85-51-31-35-57-61(39-51)69(81)73(66(57)78)43-17-25-46(26-18-43)83-45-23-15-42(16-24-45)72-65(77)56-34-30-50(38-60(56)68(72)80)84-49-29-33-55-59(37-49)64(76)71(2)63(55)75/h3-40H,1-2H3. The lowest BCUT2D eigenvalue weighted by molar-refractivity contribution is 0.0690. The quantitative estimate of drug-likeness (QED) is 0.0695. The van der Waals surface area contributed by atoms with Crippen molar-refractivity contribution in [3.05, 3.63) is 281 Å². The molecule has 0 saturated carbocycles. The third-order valence-electron chi connectivity index (χ3n) is 15.5. The van der Waals surface area contributed by atoms with Crippen molar-refractivity contribution in [2.45, 2.75) is 6.92 Å². The van der Waals surface area contributed by atoms with Crippen LogP contribution in [-0.4, -0.2) is 67.8 Å². The van der Waals surface area contributed by atoms with Crippen LogP contribution in [-0.2, 0) is 0 Å². The molecule has 17 nitrogen and oxygen atoms in total. The number of carbonyl (C=O) groups is 8. The Morgan fingerprint density at radius 3 is 0.886 bits per heavy atom. The molecule has 0 spiro atoms. The number of fused-ring (bicyclic) bond motifs is 4. The summed E-state index contributed by atoms with van der Waals surface area (Å²) in [5.41, 5.74) is 3.27. The van der Waals surface area contributed by atoms with Crippen LogP contribution >= 0.6 is 0 Å². The minimum absolute atomic E-state index is 0.0940. The topological polar surface area (TPSA) is 196 Å². The Bertz CT molecular complexity index is 4580. The number of nitrogens with zero attached hydrogens (tertiary/aromatic N) is 4. The molecule has 0 bridgehead atoms. The molecular formula is C70H44N4O13Si. The van der Waals surface area contributed by atoms with Crippen molar-refractivity contribution in [2.75, 3.05) is 21.7 Å². The number of hydrogen-bond donors (Lipinski definition) is 0.